The van der Waals surface area contributed by atoms with Crippen LogP contribution in [0, 0.1) is 0 Å². The van der Waals surface area contributed by atoms with Crippen LogP contribution in [0.2, 0.25) is 0 Å². The average molecular weight is 341 g/mol. The SMILES string of the molecule is COc1ccccc1CN(Cc1cccs1)CC(C)(C)N.Cl. The van der Waals surface area contributed by atoms with Crippen molar-refractivity contribution in [1.29, 1.82) is 0 Å². The Morgan fingerprint density at radius 1 is 1.14 bits per heavy atom. The summed E-state index contributed by atoms with van der Waals surface area (Å²) in [6.07, 6.45) is 0. The van der Waals surface area contributed by atoms with Crippen molar-refractivity contribution in [3.8, 4) is 5.75 Å². The molecule has 1 aromatic carbocycles. The third-order valence-corrected chi connectivity index (χ3v) is 4.04. The number of ether oxygens (including phenoxy) is 1. The highest BCUT2D eigenvalue weighted by Gasteiger charge is 2.18. The van der Waals surface area contributed by atoms with Gasteiger partial charge in [0.1, 0.15) is 5.75 Å². The lowest BCUT2D eigenvalue weighted by Gasteiger charge is -2.30. The Morgan fingerprint density at radius 3 is 2.45 bits per heavy atom. The predicted octanol–water partition coefficient (Wildman–Crippen LogP) is 3.92. The van der Waals surface area contributed by atoms with E-state index in [0.29, 0.717) is 0 Å². The molecule has 2 aromatic rings. The minimum Gasteiger partial charge on any atom is -0.496 e. The quantitative estimate of drug-likeness (QED) is 0.830. The van der Waals surface area contributed by atoms with Crippen molar-refractivity contribution in [2.24, 2.45) is 5.73 Å². The zero-order valence-corrected chi connectivity index (χ0v) is 15.0. The number of nitrogens with two attached hydrogens (primary N) is 1. The number of nitrogens with zero attached hydrogens (tertiary/aromatic N) is 1. The summed E-state index contributed by atoms with van der Waals surface area (Å²) in [4.78, 5) is 3.73. The fourth-order valence-corrected chi connectivity index (χ4v) is 3.19. The molecule has 0 aliphatic rings. The third kappa shape index (κ3) is 5.97. The fraction of sp³-hybridized carbons (Fsp3) is 0.412. The zero-order valence-electron chi connectivity index (χ0n) is 13.4. The van der Waals surface area contributed by atoms with Gasteiger partial charge in [-0.05, 0) is 31.4 Å². The molecule has 0 aliphatic carbocycles. The number of hydrogen-bond donors (Lipinski definition) is 1. The van der Waals surface area contributed by atoms with Crippen LogP contribution in [-0.2, 0) is 13.1 Å². The first-order chi connectivity index (χ1) is 9.98. The Kier molecular flexibility index (Phi) is 7.36. The lowest BCUT2D eigenvalue weighted by molar-refractivity contribution is 0.209. The molecule has 2 rings (SSSR count). The summed E-state index contributed by atoms with van der Waals surface area (Å²) >= 11 is 1.78. The Balaban J connectivity index is 0.00000242. The average Bonchev–Trinajstić information content (AvgIpc) is 2.90. The smallest absolute Gasteiger partial charge is 0.123 e. The van der Waals surface area contributed by atoms with E-state index in [1.165, 1.54) is 10.4 Å². The van der Waals surface area contributed by atoms with Gasteiger partial charge in [-0.25, -0.2) is 0 Å². The monoisotopic (exact) mass is 340 g/mol. The van der Waals surface area contributed by atoms with Crippen LogP contribution in [0.5, 0.6) is 5.75 Å². The summed E-state index contributed by atoms with van der Waals surface area (Å²) < 4.78 is 5.46. The second-order valence-electron chi connectivity index (χ2n) is 6.02. The molecule has 2 N–H and O–H groups in total. The molecule has 0 unspecified atom stereocenters. The van der Waals surface area contributed by atoms with Gasteiger partial charge in [0.15, 0.2) is 0 Å². The van der Waals surface area contributed by atoms with E-state index < -0.39 is 0 Å². The lowest BCUT2D eigenvalue weighted by Crippen LogP contribution is -2.44. The molecule has 0 saturated heterocycles. The molecule has 0 spiro atoms. The highest BCUT2D eigenvalue weighted by Crippen LogP contribution is 2.22. The molecule has 0 radical (unpaired) electrons. The molecule has 5 heteroatoms. The zero-order chi connectivity index (χ0) is 15.3. The van der Waals surface area contributed by atoms with E-state index in [4.69, 9.17) is 10.5 Å². The van der Waals surface area contributed by atoms with Gasteiger partial charge in [0.25, 0.3) is 0 Å². The van der Waals surface area contributed by atoms with E-state index in [1.54, 1.807) is 18.4 Å². The first-order valence-corrected chi connectivity index (χ1v) is 8.01. The minimum absolute atomic E-state index is 0. The molecular weight excluding hydrogens is 316 g/mol. The number of benzene rings is 1. The molecule has 0 atom stereocenters. The van der Waals surface area contributed by atoms with Gasteiger partial charge in [-0.2, -0.15) is 0 Å². The first kappa shape index (κ1) is 19.0. The largest absolute Gasteiger partial charge is 0.496 e. The summed E-state index contributed by atoms with van der Waals surface area (Å²) in [5, 5.41) is 2.12. The Labute approximate surface area is 143 Å². The molecule has 0 saturated carbocycles. The number of halogens is 1. The number of para-hydroxylation sites is 1. The van der Waals surface area contributed by atoms with Gasteiger partial charge < -0.3 is 10.5 Å². The maximum atomic E-state index is 6.22. The van der Waals surface area contributed by atoms with E-state index in [2.05, 4.69) is 48.4 Å². The van der Waals surface area contributed by atoms with Gasteiger partial charge in [-0.1, -0.05) is 24.3 Å². The molecule has 0 amide bonds. The number of rotatable bonds is 7. The van der Waals surface area contributed by atoms with Crippen molar-refractivity contribution < 1.29 is 4.74 Å². The number of thiophene rings is 1. The van der Waals surface area contributed by atoms with Crippen LogP contribution >= 0.6 is 23.7 Å². The van der Waals surface area contributed by atoms with Crippen LogP contribution in [0.25, 0.3) is 0 Å². The molecule has 1 aromatic heterocycles. The second-order valence-corrected chi connectivity index (χ2v) is 7.06. The summed E-state index contributed by atoms with van der Waals surface area (Å²) in [6.45, 7) is 6.72. The number of methoxy groups -OCH3 is 1. The van der Waals surface area contributed by atoms with Crippen LogP contribution in [0.4, 0.5) is 0 Å². The molecule has 0 aliphatic heterocycles. The summed E-state index contributed by atoms with van der Waals surface area (Å²) in [5.74, 6) is 0.934. The molecule has 0 fully saturated rings. The fourth-order valence-electron chi connectivity index (χ4n) is 2.44. The molecule has 0 bridgehead atoms. The minimum atomic E-state index is -0.223. The van der Waals surface area contributed by atoms with Crippen molar-refractivity contribution in [3.63, 3.8) is 0 Å². The van der Waals surface area contributed by atoms with Crippen LogP contribution in [-0.4, -0.2) is 24.1 Å². The van der Waals surface area contributed by atoms with Gasteiger partial charge in [0, 0.05) is 35.6 Å². The van der Waals surface area contributed by atoms with Crippen molar-refractivity contribution in [3.05, 3.63) is 52.2 Å². The van der Waals surface area contributed by atoms with Gasteiger partial charge >= 0.3 is 0 Å². The normalized spacial score (nSPS) is 11.3. The van der Waals surface area contributed by atoms with Gasteiger partial charge in [-0.15, -0.1) is 23.7 Å². The molecule has 1 heterocycles. The third-order valence-electron chi connectivity index (χ3n) is 3.18. The maximum Gasteiger partial charge on any atom is 0.123 e. The van der Waals surface area contributed by atoms with Crippen LogP contribution in [0.1, 0.15) is 24.3 Å². The molecular formula is C17H25ClN2OS. The highest BCUT2D eigenvalue weighted by atomic mass is 35.5. The van der Waals surface area contributed by atoms with Crippen LogP contribution in [0.15, 0.2) is 41.8 Å². The molecule has 22 heavy (non-hydrogen) atoms. The molecule has 122 valence electrons. The molecule has 3 nitrogen and oxygen atoms in total. The Morgan fingerprint density at radius 2 is 1.86 bits per heavy atom. The van der Waals surface area contributed by atoms with E-state index in [1.807, 2.05) is 12.1 Å². The maximum absolute atomic E-state index is 6.22. The van der Waals surface area contributed by atoms with E-state index in [-0.39, 0.29) is 17.9 Å². The van der Waals surface area contributed by atoms with Crippen LogP contribution in [0.3, 0.4) is 0 Å². The van der Waals surface area contributed by atoms with Crippen LogP contribution < -0.4 is 10.5 Å². The second kappa shape index (κ2) is 8.53. The Bertz CT molecular complexity index is 552. The van der Waals surface area contributed by atoms with E-state index in [0.717, 1.165) is 25.4 Å². The summed E-state index contributed by atoms with van der Waals surface area (Å²) in [7, 11) is 1.72. The van der Waals surface area contributed by atoms with Gasteiger partial charge in [0.05, 0.1) is 7.11 Å². The number of hydrogen-bond acceptors (Lipinski definition) is 4. The van der Waals surface area contributed by atoms with E-state index in [9.17, 15) is 0 Å². The topological polar surface area (TPSA) is 38.5 Å². The van der Waals surface area contributed by atoms with Crippen molar-refractivity contribution in [1.82, 2.24) is 4.90 Å². The van der Waals surface area contributed by atoms with Crippen molar-refractivity contribution >= 4 is 23.7 Å². The van der Waals surface area contributed by atoms with Gasteiger partial charge in [0.2, 0.25) is 0 Å². The summed E-state index contributed by atoms with van der Waals surface area (Å²) in [5.41, 5.74) is 7.19. The van der Waals surface area contributed by atoms with Gasteiger partial charge in [-0.3, -0.25) is 4.90 Å². The summed E-state index contributed by atoms with van der Waals surface area (Å²) in [6, 6.07) is 12.4. The van der Waals surface area contributed by atoms with E-state index >= 15 is 0 Å². The highest BCUT2D eigenvalue weighted by molar-refractivity contribution is 7.09. The van der Waals surface area contributed by atoms with Crippen molar-refractivity contribution in [2.45, 2.75) is 32.5 Å². The standard InChI is InChI=1S/C17H24N2OS.ClH/c1-17(2,18)13-19(12-15-8-6-10-21-15)11-14-7-4-5-9-16(14)20-3;/h4-10H,11-13,18H2,1-3H3;1H. The first-order valence-electron chi connectivity index (χ1n) is 7.13. The Hall–Kier alpha value is -1.07. The lowest BCUT2D eigenvalue weighted by atomic mass is 10.1. The van der Waals surface area contributed by atoms with Crippen molar-refractivity contribution in [2.75, 3.05) is 13.7 Å². The predicted molar refractivity (Wildman–Crippen MR) is 96.9 cm³/mol.